The predicted octanol–water partition coefficient (Wildman–Crippen LogP) is 3.41. The second-order valence-corrected chi connectivity index (χ2v) is 5.12. The molecule has 0 heterocycles. The van der Waals surface area contributed by atoms with Crippen molar-refractivity contribution in [3.05, 3.63) is 29.8 Å². The van der Waals surface area contributed by atoms with Crippen molar-refractivity contribution >= 4 is 0 Å². The van der Waals surface area contributed by atoms with E-state index in [1.54, 1.807) is 0 Å². The lowest BCUT2D eigenvalue weighted by Gasteiger charge is -2.17. The van der Waals surface area contributed by atoms with Gasteiger partial charge in [-0.15, -0.1) is 0 Å². The van der Waals surface area contributed by atoms with Crippen LogP contribution in [0.3, 0.4) is 0 Å². The molecule has 0 radical (unpaired) electrons. The van der Waals surface area contributed by atoms with E-state index in [2.05, 4.69) is 30.4 Å². The van der Waals surface area contributed by atoms with Crippen molar-refractivity contribution in [2.45, 2.75) is 45.6 Å². The summed E-state index contributed by atoms with van der Waals surface area (Å²) < 4.78 is 5.54. The third-order valence-electron chi connectivity index (χ3n) is 3.61. The van der Waals surface area contributed by atoms with Gasteiger partial charge in [0.05, 0.1) is 6.61 Å². The number of nitrogens with one attached hydrogen (secondary N) is 1. The smallest absolute Gasteiger partial charge is 0.119 e. The summed E-state index contributed by atoms with van der Waals surface area (Å²) in [6.45, 7) is 6.05. The molecule has 1 aromatic rings. The molecule has 100 valence electrons. The van der Waals surface area contributed by atoms with Crippen LogP contribution >= 0.6 is 0 Å². The molecule has 1 saturated carbocycles. The van der Waals surface area contributed by atoms with Crippen LogP contribution in [0.15, 0.2) is 24.3 Å². The number of hydrogen-bond acceptors (Lipinski definition) is 2. The Bertz CT molecular complexity index is 360. The van der Waals surface area contributed by atoms with E-state index in [1.807, 2.05) is 13.0 Å². The molecule has 1 aliphatic carbocycles. The topological polar surface area (TPSA) is 21.3 Å². The third-order valence-corrected chi connectivity index (χ3v) is 3.61. The second kappa shape index (κ2) is 6.79. The summed E-state index contributed by atoms with van der Waals surface area (Å²) in [6.07, 6.45) is 5.22. The van der Waals surface area contributed by atoms with Crippen LogP contribution in [0.25, 0.3) is 0 Å². The summed E-state index contributed by atoms with van der Waals surface area (Å²) in [6, 6.07) is 9.23. The monoisotopic (exact) mass is 247 g/mol. The van der Waals surface area contributed by atoms with Gasteiger partial charge in [-0.25, -0.2) is 0 Å². The van der Waals surface area contributed by atoms with Crippen molar-refractivity contribution in [1.82, 2.24) is 5.32 Å². The molecule has 2 rings (SSSR count). The standard InChI is InChI=1S/C16H25NO/c1-3-17-16(14-9-10-14)11-8-13-6-5-7-15(12-13)18-4-2/h5-7,12,14,16-17H,3-4,8-11H2,1-2H3. The number of benzene rings is 1. The van der Waals surface area contributed by atoms with Crippen molar-refractivity contribution in [2.75, 3.05) is 13.2 Å². The Balaban J connectivity index is 1.85. The fourth-order valence-electron chi connectivity index (χ4n) is 2.54. The predicted molar refractivity (Wildman–Crippen MR) is 76.1 cm³/mol. The maximum atomic E-state index is 5.54. The van der Waals surface area contributed by atoms with Crippen molar-refractivity contribution in [3.8, 4) is 5.75 Å². The van der Waals surface area contributed by atoms with Gasteiger partial charge in [-0.3, -0.25) is 0 Å². The van der Waals surface area contributed by atoms with Crippen LogP contribution in [0.1, 0.15) is 38.7 Å². The molecule has 2 nitrogen and oxygen atoms in total. The molecule has 0 aromatic heterocycles. The van der Waals surface area contributed by atoms with Gasteiger partial charge in [0.2, 0.25) is 0 Å². The van der Waals surface area contributed by atoms with Gasteiger partial charge < -0.3 is 10.1 Å². The summed E-state index contributed by atoms with van der Waals surface area (Å²) in [5.74, 6) is 1.93. The maximum Gasteiger partial charge on any atom is 0.119 e. The molecule has 2 heteroatoms. The van der Waals surface area contributed by atoms with E-state index >= 15 is 0 Å². The van der Waals surface area contributed by atoms with E-state index in [0.29, 0.717) is 6.04 Å². The molecule has 0 aliphatic heterocycles. The van der Waals surface area contributed by atoms with Gasteiger partial charge in [-0.05, 0) is 62.8 Å². The highest BCUT2D eigenvalue weighted by molar-refractivity contribution is 5.28. The Morgan fingerprint density at radius 1 is 1.33 bits per heavy atom. The summed E-state index contributed by atoms with van der Waals surface area (Å²) in [5, 5.41) is 3.62. The minimum Gasteiger partial charge on any atom is -0.494 e. The van der Waals surface area contributed by atoms with E-state index in [0.717, 1.165) is 31.2 Å². The lowest BCUT2D eigenvalue weighted by Crippen LogP contribution is -2.31. The van der Waals surface area contributed by atoms with Crippen molar-refractivity contribution < 1.29 is 4.74 Å². The minimum atomic E-state index is 0.714. The highest BCUT2D eigenvalue weighted by Crippen LogP contribution is 2.34. The van der Waals surface area contributed by atoms with E-state index < -0.39 is 0 Å². The van der Waals surface area contributed by atoms with Crippen LogP contribution in [0.5, 0.6) is 5.75 Å². The molecule has 1 unspecified atom stereocenters. The third kappa shape index (κ3) is 4.02. The van der Waals surface area contributed by atoms with Crippen molar-refractivity contribution in [2.24, 2.45) is 5.92 Å². The molecule has 18 heavy (non-hydrogen) atoms. The van der Waals surface area contributed by atoms with Gasteiger partial charge in [0.25, 0.3) is 0 Å². The zero-order valence-electron chi connectivity index (χ0n) is 11.6. The lowest BCUT2D eigenvalue weighted by molar-refractivity contribution is 0.339. The Hall–Kier alpha value is -1.02. The molecule has 1 N–H and O–H groups in total. The quantitative estimate of drug-likeness (QED) is 0.760. The molecule has 1 atom stereocenters. The zero-order valence-corrected chi connectivity index (χ0v) is 11.6. The van der Waals surface area contributed by atoms with Gasteiger partial charge in [-0.2, -0.15) is 0 Å². The van der Waals surface area contributed by atoms with Crippen LogP contribution in [0.4, 0.5) is 0 Å². The van der Waals surface area contributed by atoms with Gasteiger partial charge in [0.1, 0.15) is 5.75 Å². The highest BCUT2D eigenvalue weighted by atomic mass is 16.5. The molecule has 0 amide bonds. The number of ether oxygens (including phenoxy) is 1. The summed E-state index contributed by atoms with van der Waals surface area (Å²) in [7, 11) is 0. The number of hydrogen-bond donors (Lipinski definition) is 1. The zero-order chi connectivity index (χ0) is 12.8. The highest BCUT2D eigenvalue weighted by Gasteiger charge is 2.29. The first-order valence-electron chi connectivity index (χ1n) is 7.28. The van der Waals surface area contributed by atoms with E-state index in [4.69, 9.17) is 4.74 Å². The Morgan fingerprint density at radius 2 is 2.17 bits per heavy atom. The van der Waals surface area contributed by atoms with Crippen molar-refractivity contribution in [3.63, 3.8) is 0 Å². The normalized spacial score (nSPS) is 16.6. The summed E-state index contributed by atoms with van der Waals surface area (Å²) >= 11 is 0. The Labute approximate surface area is 111 Å². The first-order chi connectivity index (χ1) is 8.83. The largest absolute Gasteiger partial charge is 0.494 e. The molecular formula is C16H25NO. The molecule has 1 fully saturated rings. The molecule has 0 bridgehead atoms. The van der Waals surface area contributed by atoms with Crippen molar-refractivity contribution in [1.29, 1.82) is 0 Å². The minimum absolute atomic E-state index is 0.714. The average Bonchev–Trinajstić information content (AvgIpc) is 3.20. The first kappa shape index (κ1) is 13.4. The fraction of sp³-hybridized carbons (Fsp3) is 0.625. The van der Waals surface area contributed by atoms with E-state index in [1.165, 1.54) is 24.8 Å². The second-order valence-electron chi connectivity index (χ2n) is 5.12. The van der Waals surface area contributed by atoms with Gasteiger partial charge in [0.15, 0.2) is 0 Å². The van der Waals surface area contributed by atoms with Crippen LogP contribution < -0.4 is 10.1 Å². The fourth-order valence-corrected chi connectivity index (χ4v) is 2.54. The Morgan fingerprint density at radius 3 is 2.83 bits per heavy atom. The SMILES string of the molecule is CCNC(CCc1cccc(OCC)c1)C1CC1. The van der Waals surface area contributed by atoms with E-state index in [-0.39, 0.29) is 0 Å². The molecule has 0 saturated heterocycles. The molecular weight excluding hydrogens is 222 g/mol. The Kier molecular flexibility index (Phi) is 5.06. The van der Waals surface area contributed by atoms with Crippen LogP contribution in [0, 0.1) is 5.92 Å². The number of aryl methyl sites for hydroxylation is 1. The molecule has 1 aromatic carbocycles. The number of rotatable bonds is 8. The van der Waals surface area contributed by atoms with Gasteiger partial charge >= 0.3 is 0 Å². The summed E-state index contributed by atoms with van der Waals surface area (Å²) in [4.78, 5) is 0. The van der Waals surface area contributed by atoms with Crippen LogP contribution in [0.2, 0.25) is 0 Å². The first-order valence-corrected chi connectivity index (χ1v) is 7.28. The molecule has 0 spiro atoms. The lowest BCUT2D eigenvalue weighted by atomic mass is 10.0. The maximum absolute atomic E-state index is 5.54. The van der Waals surface area contributed by atoms with Gasteiger partial charge in [-0.1, -0.05) is 19.1 Å². The van der Waals surface area contributed by atoms with Gasteiger partial charge in [0, 0.05) is 6.04 Å². The van der Waals surface area contributed by atoms with E-state index in [9.17, 15) is 0 Å². The summed E-state index contributed by atoms with van der Waals surface area (Å²) in [5.41, 5.74) is 1.39. The van der Waals surface area contributed by atoms with Crippen LogP contribution in [-0.4, -0.2) is 19.2 Å². The van der Waals surface area contributed by atoms with Crippen LogP contribution in [-0.2, 0) is 6.42 Å². The molecule has 1 aliphatic rings. The average molecular weight is 247 g/mol.